The van der Waals surface area contributed by atoms with Crippen molar-refractivity contribution in [3.63, 3.8) is 0 Å². The molecule has 0 spiro atoms. The summed E-state index contributed by atoms with van der Waals surface area (Å²) in [4.78, 5) is 23.4. The molecule has 0 fully saturated rings. The number of rotatable bonds is 6. The Balaban J connectivity index is 1.92. The minimum absolute atomic E-state index is 0.000968. The Kier molecular flexibility index (Phi) is 5.37. The molecular weight excluding hydrogens is 336 g/mol. The van der Waals surface area contributed by atoms with Gasteiger partial charge in [-0.2, -0.15) is 0 Å². The molecule has 0 radical (unpaired) electrons. The van der Waals surface area contributed by atoms with Crippen molar-refractivity contribution in [1.29, 1.82) is 0 Å². The van der Waals surface area contributed by atoms with E-state index in [1.165, 1.54) is 56.8 Å². The Bertz CT molecular complexity index is 810. The second-order valence-electron chi connectivity index (χ2n) is 4.91. The van der Waals surface area contributed by atoms with Crippen molar-refractivity contribution in [3.8, 4) is 0 Å². The van der Waals surface area contributed by atoms with E-state index in [4.69, 9.17) is 9.15 Å². The van der Waals surface area contributed by atoms with Gasteiger partial charge in [-0.25, -0.2) is 17.5 Å². The van der Waals surface area contributed by atoms with Crippen LogP contribution in [0.15, 0.2) is 52.0 Å². The summed E-state index contributed by atoms with van der Waals surface area (Å²) in [6.07, 6.45) is 1.32. The summed E-state index contributed by atoms with van der Waals surface area (Å²) in [5.41, 5.74) is 0.381. The number of furan rings is 1. The van der Waals surface area contributed by atoms with Crippen molar-refractivity contribution in [3.05, 3.63) is 48.4 Å². The minimum atomic E-state index is -3.53. The summed E-state index contributed by atoms with van der Waals surface area (Å²) in [5.74, 6) is -1.30. The van der Waals surface area contributed by atoms with Gasteiger partial charge in [0.15, 0.2) is 6.61 Å². The highest BCUT2D eigenvalue weighted by atomic mass is 32.2. The fraction of sp³-hybridized carbons (Fsp3) is 0.200. The molecular formula is C15H16N2O6S. The van der Waals surface area contributed by atoms with E-state index in [0.717, 1.165) is 4.31 Å². The summed E-state index contributed by atoms with van der Waals surface area (Å²) in [5, 5.41) is 2.50. The monoisotopic (exact) mass is 352 g/mol. The average Bonchev–Trinajstić information content (AvgIpc) is 3.07. The molecule has 1 heterocycles. The zero-order valence-electron chi connectivity index (χ0n) is 13.1. The molecule has 0 aliphatic heterocycles. The van der Waals surface area contributed by atoms with Crippen molar-refractivity contribution in [2.24, 2.45) is 0 Å². The van der Waals surface area contributed by atoms with Crippen LogP contribution in [0.25, 0.3) is 0 Å². The summed E-state index contributed by atoms with van der Waals surface area (Å²) in [6, 6.07) is 8.59. The Labute approximate surface area is 139 Å². The van der Waals surface area contributed by atoms with Crippen LogP contribution >= 0.6 is 0 Å². The fourth-order valence-electron chi connectivity index (χ4n) is 1.72. The molecule has 128 valence electrons. The zero-order chi connectivity index (χ0) is 17.7. The number of benzene rings is 1. The molecule has 0 aliphatic rings. The first-order valence-corrected chi connectivity index (χ1v) is 8.28. The highest BCUT2D eigenvalue weighted by Gasteiger charge is 2.17. The summed E-state index contributed by atoms with van der Waals surface area (Å²) in [6.45, 7) is -0.489. The molecule has 2 aromatic rings. The number of sulfonamides is 1. The van der Waals surface area contributed by atoms with E-state index in [-0.39, 0.29) is 10.7 Å². The Morgan fingerprint density at radius 3 is 2.38 bits per heavy atom. The van der Waals surface area contributed by atoms with Gasteiger partial charge in [-0.1, -0.05) is 0 Å². The quantitative estimate of drug-likeness (QED) is 0.786. The van der Waals surface area contributed by atoms with Crippen molar-refractivity contribution >= 4 is 27.6 Å². The number of esters is 1. The van der Waals surface area contributed by atoms with Gasteiger partial charge in [-0.15, -0.1) is 0 Å². The van der Waals surface area contributed by atoms with Gasteiger partial charge in [0, 0.05) is 19.8 Å². The minimum Gasteiger partial charge on any atom is -0.457 e. The lowest BCUT2D eigenvalue weighted by Crippen LogP contribution is -2.22. The molecule has 0 saturated heterocycles. The van der Waals surface area contributed by atoms with E-state index >= 15 is 0 Å². The molecule has 8 nitrogen and oxygen atoms in total. The third kappa shape index (κ3) is 4.21. The molecule has 0 saturated carbocycles. The summed E-state index contributed by atoms with van der Waals surface area (Å²) >= 11 is 0. The molecule has 0 aliphatic carbocycles. The lowest BCUT2D eigenvalue weighted by atomic mass is 10.3. The predicted octanol–water partition coefficient (Wildman–Crippen LogP) is 1.33. The number of carbonyl (C=O) groups excluding carboxylic acids is 2. The van der Waals surface area contributed by atoms with Gasteiger partial charge < -0.3 is 14.5 Å². The zero-order valence-corrected chi connectivity index (χ0v) is 13.9. The van der Waals surface area contributed by atoms with Gasteiger partial charge in [-0.3, -0.25) is 4.79 Å². The second-order valence-corrected chi connectivity index (χ2v) is 7.07. The Morgan fingerprint density at radius 1 is 1.17 bits per heavy atom. The third-order valence-electron chi connectivity index (χ3n) is 2.97. The number of anilines is 1. The largest absolute Gasteiger partial charge is 0.457 e. The number of carbonyl (C=O) groups is 2. The van der Waals surface area contributed by atoms with E-state index in [1.807, 2.05) is 0 Å². The van der Waals surface area contributed by atoms with E-state index < -0.39 is 28.5 Å². The van der Waals surface area contributed by atoms with Crippen LogP contribution in [-0.4, -0.2) is 45.3 Å². The van der Waals surface area contributed by atoms with E-state index in [1.54, 1.807) is 0 Å². The highest BCUT2D eigenvalue weighted by Crippen LogP contribution is 2.16. The predicted molar refractivity (Wildman–Crippen MR) is 84.9 cm³/mol. The molecule has 0 unspecified atom stereocenters. The first-order valence-electron chi connectivity index (χ1n) is 6.84. The summed E-state index contributed by atoms with van der Waals surface area (Å²) in [7, 11) is -0.670. The van der Waals surface area contributed by atoms with E-state index in [9.17, 15) is 18.0 Å². The van der Waals surface area contributed by atoms with Crippen molar-refractivity contribution in [1.82, 2.24) is 4.31 Å². The van der Waals surface area contributed by atoms with Gasteiger partial charge >= 0.3 is 5.97 Å². The van der Waals surface area contributed by atoms with Crippen LogP contribution in [0.2, 0.25) is 0 Å². The van der Waals surface area contributed by atoms with E-state index in [2.05, 4.69) is 5.32 Å². The van der Waals surface area contributed by atoms with Gasteiger partial charge in [0.2, 0.25) is 15.8 Å². The van der Waals surface area contributed by atoms with Crippen LogP contribution in [0.1, 0.15) is 10.6 Å². The lowest BCUT2D eigenvalue weighted by molar-refractivity contribution is -0.119. The number of hydrogen-bond acceptors (Lipinski definition) is 6. The topological polar surface area (TPSA) is 106 Å². The molecule has 1 amide bonds. The Hall–Kier alpha value is -2.65. The number of hydrogen-bond donors (Lipinski definition) is 1. The molecule has 24 heavy (non-hydrogen) atoms. The molecule has 1 aromatic carbocycles. The van der Waals surface area contributed by atoms with Crippen molar-refractivity contribution in [2.45, 2.75) is 4.90 Å². The van der Waals surface area contributed by atoms with Crippen LogP contribution in [0.5, 0.6) is 0 Å². The third-order valence-corrected chi connectivity index (χ3v) is 4.80. The van der Waals surface area contributed by atoms with Crippen LogP contribution < -0.4 is 5.32 Å². The lowest BCUT2D eigenvalue weighted by Gasteiger charge is -2.12. The number of nitrogens with zero attached hydrogens (tertiary/aromatic N) is 1. The van der Waals surface area contributed by atoms with E-state index in [0.29, 0.717) is 5.69 Å². The highest BCUT2D eigenvalue weighted by molar-refractivity contribution is 7.89. The van der Waals surface area contributed by atoms with Gasteiger partial charge in [0.05, 0.1) is 11.2 Å². The fourth-order valence-corrected chi connectivity index (χ4v) is 2.62. The van der Waals surface area contributed by atoms with Crippen molar-refractivity contribution in [2.75, 3.05) is 26.0 Å². The normalized spacial score (nSPS) is 11.3. The van der Waals surface area contributed by atoms with Gasteiger partial charge in [-0.05, 0) is 36.4 Å². The smallest absolute Gasteiger partial charge is 0.374 e. The maximum absolute atomic E-state index is 11.9. The summed E-state index contributed by atoms with van der Waals surface area (Å²) < 4.78 is 34.6. The average molecular weight is 352 g/mol. The maximum atomic E-state index is 11.9. The Morgan fingerprint density at radius 2 is 1.83 bits per heavy atom. The maximum Gasteiger partial charge on any atom is 0.374 e. The molecule has 0 bridgehead atoms. The van der Waals surface area contributed by atoms with Crippen LogP contribution in [0, 0.1) is 0 Å². The van der Waals surface area contributed by atoms with Gasteiger partial charge in [0.25, 0.3) is 5.91 Å². The molecule has 9 heteroatoms. The first-order chi connectivity index (χ1) is 11.3. The second kappa shape index (κ2) is 7.28. The van der Waals surface area contributed by atoms with Crippen LogP contribution in [0.3, 0.4) is 0 Å². The van der Waals surface area contributed by atoms with Crippen LogP contribution in [0.4, 0.5) is 5.69 Å². The van der Waals surface area contributed by atoms with Crippen molar-refractivity contribution < 1.29 is 27.2 Å². The molecule has 2 rings (SSSR count). The number of ether oxygens (including phenoxy) is 1. The number of amides is 1. The SMILES string of the molecule is CN(C)S(=O)(=O)c1ccc(NC(=O)COC(=O)c2ccco2)cc1. The molecule has 0 atom stereocenters. The molecule has 1 aromatic heterocycles. The standard InChI is InChI=1S/C15H16N2O6S/c1-17(2)24(20,21)12-7-5-11(6-8-12)16-14(18)10-23-15(19)13-4-3-9-22-13/h3-9H,10H2,1-2H3,(H,16,18). The molecule has 1 N–H and O–H groups in total. The van der Waals surface area contributed by atoms with Crippen LogP contribution in [-0.2, 0) is 19.6 Å². The first kappa shape index (κ1) is 17.7. The number of nitrogens with one attached hydrogen (secondary N) is 1. The van der Waals surface area contributed by atoms with Gasteiger partial charge in [0.1, 0.15) is 0 Å².